The van der Waals surface area contributed by atoms with E-state index >= 15 is 0 Å². The Morgan fingerprint density at radius 2 is 1.89 bits per heavy atom. The van der Waals surface area contributed by atoms with Crippen LogP contribution in [0.3, 0.4) is 0 Å². The number of methoxy groups -OCH3 is 1. The smallest absolute Gasteiger partial charge is 0.271 e. The average Bonchev–Trinajstić information content (AvgIpc) is 3.41. The molecule has 0 spiro atoms. The summed E-state index contributed by atoms with van der Waals surface area (Å²) in [6, 6.07) is 14.3. The van der Waals surface area contributed by atoms with Gasteiger partial charge < -0.3 is 10.1 Å². The lowest BCUT2D eigenvalue weighted by Crippen LogP contribution is -2.40. The van der Waals surface area contributed by atoms with E-state index in [9.17, 15) is 9.59 Å². The van der Waals surface area contributed by atoms with Gasteiger partial charge in [-0.15, -0.1) is 0 Å². The lowest BCUT2D eigenvalue weighted by Gasteiger charge is -2.25. The Labute approximate surface area is 211 Å². The number of rotatable bonds is 5. The molecule has 4 aromatic rings. The minimum Gasteiger partial charge on any atom is -0.497 e. The Balaban J connectivity index is 1.67. The number of aryl methyl sites for hydroxylation is 2. The molecule has 2 aromatic carbocycles. The van der Waals surface area contributed by atoms with E-state index in [-0.39, 0.29) is 11.5 Å². The summed E-state index contributed by atoms with van der Waals surface area (Å²) in [5.74, 6) is 0.391. The summed E-state index contributed by atoms with van der Waals surface area (Å²) < 4.78 is 9.13. The Kier molecular flexibility index (Phi) is 6.15. The van der Waals surface area contributed by atoms with Gasteiger partial charge in [0, 0.05) is 24.5 Å². The maximum Gasteiger partial charge on any atom is 0.271 e. The van der Waals surface area contributed by atoms with Crippen molar-refractivity contribution in [3.05, 3.63) is 109 Å². The molecule has 0 saturated carbocycles. The quantitative estimate of drug-likeness (QED) is 0.457. The number of allylic oxidation sites excluding steroid dienone is 1. The van der Waals surface area contributed by atoms with E-state index in [0.717, 1.165) is 16.7 Å². The Bertz CT molecular complexity index is 1680. The van der Waals surface area contributed by atoms with Crippen LogP contribution in [0.25, 0.3) is 6.08 Å². The molecule has 0 bridgehead atoms. The molecule has 182 valence electrons. The molecule has 9 heteroatoms. The molecule has 1 amide bonds. The number of benzene rings is 2. The third-order valence-corrected chi connectivity index (χ3v) is 7.10. The second kappa shape index (κ2) is 9.43. The largest absolute Gasteiger partial charge is 0.497 e. The van der Waals surface area contributed by atoms with Gasteiger partial charge in [0.25, 0.3) is 11.5 Å². The molecule has 3 heterocycles. The van der Waals surface area contributed by atoms with Gasteiger partial charge in [-0.2, -0.15) is 5.10 Å². The van der Waals surface area contributed by atoms with Crippen LogP contribution in [0, 0.1) is 6.92 Å². The second-order valence-corrected chi connectivity index (χ2v) is 9.58. The number of ether oxygens (including phenoxy) is 1. The van der Waals surface area contributed by atoms with Crippen LogP contribution in [-0.4, -0.2) is 27.4 Å². The van der Waals surface area contributed by atoms with Crippen molar-refractivity contribution in [3.8, 4) is 5.75 Å². The normalized spacial score (nSPS) is 15.4. The van der Waals surface area contributed by atoms with Crippen LogP contribution in [0.15, 0.2) is 82.0 Å². The fourth-order valence-electron chi connectivity index (χ4n) is 4.28. The van der Waals surface area contributed by atoms with E-state index in [1.807, 2.05) is 75.6 Å². The molecular weight excluding hydrogens is 474 g/mol. The molecular formula is C27H25N5O3S. The van der Waals surface area contributed by atoms with Gasteiger partial charge in [-0.3, -0.25) is 18.8 Å². The first-order chi connectivity index (χ1) is 17.4. The van der Waals surface area contributed by atoms with Crippen LogP contribution in [0.4, 0.5) is 5.69 Å². The molecule has 1 unspecified atom stereocenters. The van der Waals surface area contributed by atoms with E-state index in [0.29, 0.717) is 32.0 Å². The first kappa shape index (κ1) is 23.5. The van der Waals surface area contributed by atoms with Crippen molar-refractivity contribution in [1.82, 2.24) is 14.3 Å². The van der Waals surface area contributed by atoms with E-state index < -0.39 is 6.04 Å². The van der Waals surface area contributed by atoms with E-state index in [1.54, 1.807) is 28.6 Å². The zero-order valence-corrected chi connectivity index (χ0v) is 21.2. The molecule has 0 saturated heterocycles. The average molecular weight is 500 g/mol. The lowest BCUT2D eigenvalue weighted by molar-refractivity contribution is -0.113. The number of anilines is 1. The number of thiazole rings is 1. The van der Waals surface area contributed by atoms with Crippen LogP contribution in [0.5, 0.6) is 5.75 Å². The van der Waals surface area contributed by atoms with Gasteiger partial charge in [0.1, 0.15) is 5.75 Å². The predicted molar refractivity (Wildman–Crippen MR) is 140 cm³/mol. The highest BCUT2D eigenvalue weighted by Crippen LogP contribution is 2.32. The fraction of sp³-hybridized carbons (Fsp3) is 0.185. The number of fused-ring (bicyclic) bond motifs is 1. The molecule has 0 radical (unpaired) electrons. The monoisotopic (exact) mass is 499 g/mol. The van der Waals surface area contributed by atoms with Gasteiger partial charge in [-0.05, 0) is 49.2 Å². The van der Waals surface area contributed by atoms with E-state index in [2.05, 4.69) is 15.4 Å². The highest BCUT2D eigenvalue weighted by Gasteiger charge is 2.32. The number of carbonyl (C=O) groups excluding carboxylic acids is 1. The van der Waals surface area contributed by atoms with Crippen molar-refractivity contribution >= 4 is 29.0 Å². The molecule has 1 atom stereocenters. The summed E-state index contributed by atoms with van der Waals surface area (Å²) in [4.78, 5) is 32.6. The van der Waals surface area contributed by atoms with Crippen molar-refractivity contribution in [3.63, 3.8) is 0 Å². The minimum atomic E-state index is -0.646. The maximum atomic E-state index is 13.7. The van der Waals surface area contributed by atoms with Crippen molar-refractivity contribution in [1.29, 1.82) is 0 Å². The fourth-order valence-corrected chi connectivity index (χ4v) is 5.33. The molecule has 1 aliphatic heterocycles. The number of para-hydroxylation sites is 1. The number of carbonyl (C=O) groups is 1. The Morgan fingerprint density at radius 3 is 2.56 bits per heavy atom. The third-order valence-electron chi connectivity index (χ3n) is 6.11. The Hall–Kier alpha value is -4.24. The van der Waals surface area contributed by atoms with Crippen LogP contribution >= 0.6 is 11.3 Å². The molecule has 2 aromatic heterocycles. The van der Waals surface area contributed by atoms with Crippen molar-refractivity contribution < 1.29 is 9.53 Å². The number of amides is 1. The molecule has 1 aliphatic rings. The summed E-state index contributed by atoms with van der Waals surface area (Å²) >= 11 is 1.30. The topological polar surface area (TPSA) is 90.5 Å². The number of aromatic nitrogens is 3. The summed E-state index contributed by atoms with van der Waals surface area (Å²) in [5.41, 5.74) is 4.04. The molecule has 0 aliphatic carbocycles. The highest BCUT2D eigenvalue weighted by molar-refractivity contribution is 7.07. The number of nitrogens with one attached hydrogen (secondary N) is 1. The van der Waals surface area contributed by atoms with Gasteiger partial charge >= 0.3 is 0 Å². The third kappa shape index (κ3) is 4.29. The van der Waals surface area contributed by atoms with E-state index in [1.165, 1.54) is 11.3 Å². The Morgan fingerprint density at radius 1 is 1.14 bits per heavy atom. The first-order valence-corrected chi connectivity index (χ1v) is 12.2. The molecule has 5 rings (SSSR count). The minimum absolute atomic E-state index is 0.211. The number of hydrogen-bond donors (Lipinski definition) is 1. The van der Waals surface area contributed by atoms with Gasteiger partial charge in [0.15, 0.2) is 4.80 Å². The SMILES string of the molecule is COc1ccc(C2C(C(=O)Nc3ccccc3C)=C(C)N=c3s/c(=C\c4cnn(C)c4)c(=O)n32)cc1. The summed E-state index contributed by atoms with van der Waals surface area (Å²) in [7, 11) is 3.42. The summed E-state index contributed by atoms with van der Waals surface area (Å²) in [5, 5.41) is 7.20. The van der Waals surface area contributed by atoms with Crippen molar-refractivity contribution in [2.24, 2.45) is 12.0 Å². The second-order valence-electron chi connectivity index (χ2n) is 8.57. The molecule has 36 heavy (non-hydrogen) atoms. The standard InChI is InChI=1S/C27H25N5O3S/c1-16-7-5-6-8-21(16)30-25(33)23-17(2)29-27-32(24(23)19-9-11-20(35-4)12-10-19)26(34)22(36-27)13-18-14-28-31(3)15-18/h5-15,24H,1-4H3,(H,30,33)/b22-13-. The maximum absolute atomic E-state index is 13.7. The van der Waals surface area contributed by atoms with Gasteiger partial charge in [0.2, 0.25) is 0 Å². The van der Waals surface area contributed by atoms with Crippen LogP contribution in [-0.2, 0) is 11.8 Å². The van der Waals surface area contributed by atoms with Gasteiger partial charge in [0.05, 0.1) is 35.2 Å². The summed E-state index contributed by atoms with van der Waals surface area (Å²) in [6.45, 7) is 3.74. The molecule has 1 N–H and O–H groups in total. The van der Waals surface area contributed by atoms with E-state index in [4.69, 9.17) is 4.74 Å². The number of nitrogens with zero attached hydrogens (tertiary/aromatic N) is 4. The van der Waals surface area contributed by atoms with Crippen molar-refractivity contribution in [2.45, 2.75) is 19.9 Å². The van der Waals surface area contributed by atoms with Crippen LogP contribution < -0.4 is 24.9 Å². The highest BCUT2D eigenvalue weighted by atomic mass is 32.1. The zero-order chi connectivity index (χ0) is 25.4. The van der Waals surface area contributed by atoms with Crippen molar-refractivity contribution in [2.75, 3.05) is 12.4 Å². The molecule has 0 fully saturated rings. The lowest BCUT2D eigenvalue weighted by atomic mass is 9.95. The van der Waals surface area contributed by atoms with Crippen LogP contribution in [0.1, 0.15) is 29.7 Å². The molecule has 8 nitrogen and oxygen atoms in total. The zero-order valence-electron chi connectivity index (χ0n) is 20.4. The van der Waals surface area contributed by atoms with Crippen LogP contribution in [0.2, 0.25) is 0 Å². The van der Waals surface area contributed by atoms with Gasteiger partial charge in [-0.1, -0.05) is 41.7 Å². The first-order valence-electron chi connectivity index (χ1n) is 11.4. The number of hydrogen-bond acceptors (Lipinski definition) is 6. The predicted octanol–water partition coefficient (Wildman–Crippen LogP) is 2.92. The van der Waals surface area contributed by atoms with Gasteiger partial charge in [-0.25, -0.2) is 4.99 Å². The summed E-state index contributed by atoms with van der Waals surface area (Å²) in [6.07, 6.45) is 5.34.